The third-order valence-corrected chi connectivity index (χ3v) is 4.07. The first kappa shape index (κ1) is 17.9. The second-order valence-corrected chi connectivity index (χ2v) is 5.82. The molecule has 1 N–H and O–H groups in total. The second kappa shape index (κ2) is 6.33. The predicted molar refractivity (Wildman–Crippen MR) is 68.0 cm³/mol. The molecule has 0 spiro atoms. The normalized spacial score (nSPS) is 13.3. The number of nitrogens with one attached hydrogen (secondary N) is 1. The molecule has 0 saturated heterocycles. The maximum atomic E-state index is 12.9. The zero-order valence-electron chi connectivity index (χ0n) is 11.4. The van der Waals surface area contributed by atoms with Crippen molar-refractivity contribution in [2.24, 2.45) is 0 Å². The molecule has 0 fully saturated rings. The topological polar surface area (TPSA) is 96.3 Å². The first-order valence-corrected chi connectivity index (χ1v) is 7.22. The minimum absolute atomic E-state index is 0.358. The molecule has 1 rings (SSSR count). The Balaban J connectivity index is 3.37. The number of nitriles is 1. The molecule has 0 aliphatic carbocycles. The fraction of sp³-hybridized carbons (Fsp3) is 0.333. The molecular formula is C12H11F3N2O4S. The van der Waals surface area contributed by atoms with Crippen LogP contribution >= 0.6 is 0 Å². The van der Waals surface area contributed by atoms with Gasteiger partial charge in [-0.2, -0.15) is 18.4 Å². The second-order valence-electron chi connectivity index (χ2n) is 4.17. The number of methoxy groups -OCH3 is 1. The van der Waals surface area contributed by atoms with E-state index in [4.69, 9.17) is 5.26 Å². The highest BCUT2D eigenvalue weighted by Gasteiger charge is 2.38. The Kier molecular flexibility index (Phi) is 5.16. The summed E-state index contributed by atoms with van der Waals surface area (Å²) in [6, 6.07) is 3.42. The molecule has 6 nitrogen and oxygen atoms in total. The van der Waals surface area contributed by atoms with Gasteiger partial charge in [-0.05, 0) is 25.1 Å². The van der Waals surface area contributed by atoms with Gasteiger partial charge < -0.3 is 4.74 Å². The van der Waals surface area contributed by atoms with Gasteiger partial charge >= 0.3 is 6.18 Å². The lowest BCUT2D eigenvalue weighted by molar-refractivity contribution is -0.140. The lowest BCUT2D eigenvalue weighted by Crippen LogP contribution is -2.38. The van der Waals surface area contributed by atoms with Crippen LogP contribution in [0.15, 0.2) is 23.1 Å². The van der Waals surface area contributed by atoms with Crippen LogP contribution in [0.3, 0.4) is 0 Å². The molecule has 1 unspecified atom stereocenters. The van der Waals surface area contributed by atoms with Gasteiger partial charge in [0.2, 0.25) is 0 Å². The number of nitrogens with zero attached hydrogens (tertiary/aromatic N) is 1. The minimum Gasteiger partial charge on any atom is -0.372 e. The van der Waals surface area contributed by atoms with Crippen LogP contribution < -0.4 is 4.72 Å². The lowest BCUT2D eigenvalue weighted by Gasteiger charge is -2.15. The summed E-state index contributed by atoms with van der Waals surface area (Å²) in [5.74, 6) is -1.11. The van der Waals surface area contributed by atoms with E-state index in [0.717, 1.165) is 13.2 Å². The van der Waals surface area contributed by atoms with Crippen molar-refractivity contribution >= 4 is 15.9 Å². The number of halogens is 3. The van der Waals surface area contributed by atoms with Crippen molar-refractivity contribution in [3.05, 3.63) is 29.3 Å². The van der Waals surface area contributed by atoms with E-state index >= 15 is 0 Å². The van der Waals surface area contributed by atoms with Crippen LogP contribution in [0.25, 0.3) is 0 Å². The number of sulfonamides is 1. The van der Waals surface area contributed by atoms with Gasteiger partial charge in [0.25, 0.3) is 15.9 Å². The SMILES string of the molecule is COC(C)C(=O)NS(=O)(=O)c1ccc(C#N)cc1C(F)(F)F. The summed E-state index contributed by atoms with van der Waals surface area (Å²) >= 11 is 0. The maximum absolute atomic E-state index is 12.9. The molecule has 120 valence electrons. The molecule has 1 atom stereocenters. The van der Waals surface area contributed by atoms with Crippen molar-refractivity contribution in [3.8, 4) is 6.07 Å². The molecule has 0 radical (unpaired) electrons. The molecule has 1 aromatic carbocycles. The van der Waals surface area contributed by atoms with Gasteiger partial charge in [0.05, 0.1) is 22.1 Å². The summed E-state index contributed by atoms with van der Waals surface area (Å²) in [6.45, 7) is 1.23. The molecule has 0 heterocycles. The highest BCUT2D eigenvalue weighted by Crippen LogP contribution is 2.34. The third-order valence-electron chi connectivity index (χ3n) is 2.66. The molecule has 22 heavy (non-hydrogen) atoms. The van der Waals surface area contributed by atoms with Crippen molar-refractivity contribution < 1.29 is 31.1 Å². The van der Waals surface area contributed by atoms with E-state index in [-0.39, 0.29) is 5.56 Å². The van der Waals surface area contributed by atoms with Gasteiger partial charge in [0.1, 0.15) is 6.10 Å². The molecule has 1 aromatic rings. The standard InChI is InChI=1S/C12H11F3N2O4S/c1-7(21-2)11(18)17-22(19,20)10-4-3-8(6-16)5-9(10)12(13,14)15/h3-5,7H,1-2H3,(H,17,18). The first-order valence-electron chi connectivity index (χ1n) is 5.73. The Morgan fingerprint density at radius 1 is 1.41 bits per heavy atom. The average Bonchev–Trinajstić information content (AvgIpc) is 2.44. The van der Waals surface area contributed by atoms with E-state index in [1.165, 1.54) is 17.7 Å². The van der Waals surface area contributed by atoms with E-state index in [9.17, 15) is 26.4 Å². The monoisotopic (exact) mass is 336 g/mol. The number of carbonyl (C=O) groups excluding carboxylic acids is 1. The first-order chi connectivity index (χ1) is 10.0. The highest BCUT2D eigenvalue weighted by atomic mass is 32.2. The molecular weight excluding hydrogens is 325 g/mol. The van der Waals surface area contributed by atoms with Crippen molar-refractivity contribution in [2.75, 3.05) is 7.11 Å². The van der Waals surface area contributed by atoms with Crippen molar-refractivity contribution in [1.29, 1.82) is 5.26 Å². The number of alkyl halides is 3. The van der Waals surface area contributed by atoms with E-state index < -0.39 is 38.7 Å². The van der Waals surface area contributed by atoms with E-state index in [1.807, 2.05) is 0 Å². The fourth-order valence-electron chi connectivity index (χ4n) is 1.43. The Morgan fingerprint density at radius 2 is 2.00 bits per heavy atom. The predicted octanol–water partition coefficient (Wildman–Crippen LogP) is 1.42. The van der Waals surface area contributed by atoms with Crippen LogP contribution in [0.5, 0.6) is 0 Å². The van der Waals surface area contributed by atoms with Gasteiger partial charge in [0, 0.05) is 7.11 Å². The summed E-state index contributed by atoms with van der Waals surface area (Å²) < 4.78 is 68.8. The van der Waals surface area contributed by atoms with E-state index in [1.54, 1.807) is 0 Å². The zero-order valence-corrected chi connectivity index (χ0v) is 12.2. The molecule has 0 bridgehead atoms. The molecule has 0 aliphatic heterocycles. The van der Waals surface area contributed by atoms with Gasteiger partial charge in [-0.3, -0.25) is 4.79 Å². The molecule has 1 amide bonds. The number of hydrogen-bond acceptors (Lipinski definition) is 5. The summed E-state index contributed by atoms with van der Waals surface area (Å²) in [5.41, 5.74) is -1.89. The van der Waals surface area contributed by atoms with Crippen LogP contribution in [0, 0.1) is 11.3 Å². The molecule has 0 aromatic heterocycles. The summed E-state index contributed by atoms with van der Waals surface area (Å²) in [6.07, 6.45) is -6.17. The number of hydrogen-bond donors (Lipinski definition) is 1. The number of benzene rings is 1. The smallest absolute Gasteiger partial charge is 0.372 e. The Bertz CT molecular complexity index is 723. The van der Waals surface area contributed by atoms with Gasteiger partial charge in [0.15, 0.2) is 0 Å². The highest BCUT2D eigenvalue weighted by molar-refractivity contribution is 7.90. The quantitative estimate of drug-likeness (QED) is 0.897. The number of ether oxygens (including phenoxy) is 1. The average molecular weight is 336 g/mol. The summed E-state index contributed by atoms with van der Waals surface area (Å²) in [4.78, 5) is 10.4. The Morgan fingerprint density at radius 3 is 2.45 bits per heavy atom. The third kappa shape index (κ3) is 3.96. The number of amides is 1. The van der Waals surface area contributed by atoms with Crippen LogP contribution in [-0.2, 0) is 25.7 Å². The zero-order chi connectivity index (χ0) is 17.1. The summed E-state index contributed by atoms with van der Waals surface area (Å²) in [5, 5.41) is 8.62. The lowest BCUT2D eigenvalue weighted by atomic mass is 10.1. The van der Waals surface area contributed by atoms with Crippen LogP contribution in [0.2, 0.25) is 0 Å². The van der Waals surface area contributed by atoms with Gasteiger partial charge in [-0.1, -0.05) is 0 Å². The van der Waals surface area contributed by atoms with Gasteiger partial charge in [-0.15, -0.1) is 0 Å². The van der Waals surface area contributed by atoms with E-state index in [2.05, 4.69) is 4.74 Å². The molecule has 0 aliphatic rings. The molecule has 0 saturated carbocycles. The largest absolute Gasteiger partial charge is 0.417 e. The number of rotatable bonds is 4. The maximum Gasteiger partial charge on any atom is 0.417 e. The van der Waals surface area contributed by atoms with E-state index in [0.29, 0.717) is 12.1 Å². The van der Waals surface area contributed by atoms with Crippen LogP contribution in [0.4, 0.5) is 13.2 Å². The minimum atomic E-state index is -5.01. The van der Waals surface area contributed by atoms with Crippen molar-refractivity contribution in [1.82, 2.24) is 4.72 Å². The summed E-state index contributed by atoms with van der Waals surface area (Å²) in [7, 11) is -3.62. The van der Waals surface area contributed by atoms with Crippen molar-refractivity contribution in [3.63, 3.8) is 0 Å². The van der Waals surface area contributed by atoms with Crippen LogP contribution in [-0.4, -0.2) is 27.5 Å². The van der Waals surface area contributed by atoms with Crippen molar-refractivity contribution in [2.45, 2.75) is 24.1 Å². The van der Waals surface area contributed by atoms with Gasteiger partial charge in [-0.25, -0.2) is 13.1 Å². The Hall–Kier alpha value is -2.12. The fourth-order valence-corrected chi connectivity index (χ4v) is 2.68. The molecule has 10 heteroatoms. The number of carbonyl (C=O) groups is 1. The van der Waals surface area contributed by atoms with Crippen LogP contribution in [0.1, 0.15) is 18.1 Å². The Labute approximate surface area is 124 Å².